The van der Waals surface area contributed by atoms with E-state index >= 15 is 0 Å². The minimum atomic E-state index is -0.0180. The van der Waals surface area contributed by atoms with Crippen molar-refractivity contribution in [2.24, 2.45) is 5.92 Å². The van der Waals surface area contributed by atoms with Gasteiger partial charge in [-0.25, -0.2) is 0 Å². The second-order valence-electron chi connectivity index (χ2n) is 5.58. The highest BCUT2D eigenvalue weighted by Gasteiger charge is 2.27. The number of esters is 1. The van der Waals surface area contributed by atoms with Gasteiger partial charge >= 0.3 is 5.97 Å². The molecule has 0 aromatic rings. The van der Waals surface area contributed by atoms with E-state index in [9.17, 15) is 4.79 Å². The molecule has 1 saturated carbocycles. The summed E-state index contributed by atoms with van der Waals surface area (Å²) in [6, 6.07) is 0.461. The molecular weight excluding hydrogens is 270 g/mol. The van der Waals surface area contributed by atoms with Gasteiger partial charge in [-0.15, -0.1) is 0 Å². The molecule has 0 saturated heterocycles. The van der Waals surface area contributed by atoms with Gasteiger partial charge in [-0.2, -0.15) is 0 Å². The van der Waals surface area contributed by atoms with E-state index in [1.807, 2.05) is 6.92 Å². The fourth-order valence-electron chi connectivity index (χ4n) is 2.73. The molecule has 124 valence electrons. The number of hydrogen-bond acceptors (Lipinski definition) is 5. The molecule has 0 radical (unpaired) electrons. The third kappa shape index (κ3) is 8.39. The first kappa shape index (κ1) is 18.4. The van der Waals surface area contributed by atoms with Crippen LogP contribution in [0.1, 0.15) is 45.4 Å². The van der Waals surface area contributed by atoms with Crippen LogP contribution in [0.25, 0.3) is 0 Å². The van der Waals surface area contributed by atoms with E-state index < -0.39 is 0 Å². The molecule has 0 heterocycles. The number of rotatable bonds is 11. The highest BCUT2D eigenvalue weighted by atomic mass is 16.5. The predicted molar refractivity (Wildman–Crippen MR) is 82.3 cm³/mol. The summed E-state index contributed by atoms with van der Waals surface area (Å²) in [6.45, 7) is 5.47. The number of unbranched alkanes of at least 4 members (excludes halogenated alkanes) is 1. The molecule has 0 aromatic carbocycles. The van der Waals surface area contributed by atoms with Crippen molar-refractivity contribution in [1.82, 2.24) is 5.32 Å². The molecule has 21 heavy (non-hydrogen) atoms. The Morgan fingerprint density at radius 3 is 2.81 bits per heavy atom. The Hall–Kier alpha value is -0.650. The standard InChI is InChI=1S/C16H31NO4/c1-3-21-16(18)14-7-6-8-15(13-14)17-9-4-5-10-20-12-11-19-2/h14-15,17H,3-13H2,1-2H3. The van der Waals surface area contributed by atoms with E-state index in [-0.39, 0.29) is 11.9 Å². The van der Waals surface area contributed by atoms with E-state index in [4.69, 9.17) is 14.2 Å². The van der Waals surface area contributed by atoms with Gasteiger partial charge < -0.3 is 19.5 Å². The van der Waals surface area contributed by atoms with Crippen molar-refractivity contribution >= 4 is 5.97 Å². The van der Waals surface area contributed by atoms with Crippen molar-refractivity contribution in [3.8, 4) is 0 Å². The maximum atomic E-state index is 11.8. The zero-order valence-electron chi connectivity index (χ0n) is 13.6. The smallest absolute Gasteiger partial charge is 0.308 e. The van der Waals surface area contributed by atoms with Crippen LogP contribution in [0, 0.1) is 5.92 Å². The van der Waals surface area contributed by atoms with Crippen LogP contribution in [0.2, 0.25) is 0 Å². The van der Waals surface area contributed by atoms with Gasteiger partial charge in [0.05, 0.1) is 25.7 Å². The second-order valence-corrected chi connectivity index (χ2v) is 5.58. The van der Waals surface area contributed by atoms with Gasteiger partial charge in [0.1, 0.15) is 0 Å². The van der Waals surface area contributed by atoms with Crippen LogP contribution in [0.5, 0.6) is 0 Å². The number of methoxy groups -OCH3 is 1. The lowest BCUT2D eigenvalue weighted by atomic mass is 9.85. The van der Waals surface area contributed by atoms with Crippen LogP contribution in [0.4, 0.5) is 0 Å². The van der Waals surface area contributed by atoms with Crippen molar-refractivity contribution in [3.63, 3.8) is 0 Å². The quantitative estimate of drug-likeness (QED) is 0.468. The largest absolute Gasteiger partial charge is 0.466 e. The summed E-state index contributed by atoms with van der Waals surface area (Å²) in [5.74, 6) is 0.0733. The van der Waals surface area contributed by atoms with E-state index in [2.05, 4.69) is 5.32 Å². The van der Waals surface area contributed by atoms with Crippen LogP contribution < -0.4 is 5.32 Å². The summed E-state index contributed by atoms with van der Waals surface area (Å²) >= 11 is 0. The monoisotopic (exact) mass is 301 g/mol. The zero-order valence-corrected chi connectivity index (χ0v) is 13.6. The third-order valence-corrected chi connectivity index (χ3v) is 3.87. The molecule has 1 aliphatic rings. The van der Waals surface area contributed by atoms with Crippen LogP contribution in [0.3, 0.4) is 0 Å². The van der Waals surface area contributed by atoms with Crippen LogP contribution >= 0.6 is 0 Å². The third-order valence-electron chi connectivity index (χ3n) is 3.87. The van der Waals surface area contributed by atoms with Crippen molar-refractivity contribution in [3.05, 3.63) is 0 Å². The maximum Gasteiger partial charge on any atom is 0.308 e. The molecule has 0 spiro atoms. The maximum absolute atomic E-state index is 11.8. The van der Waals surface area contributed by atoms with Gasteiger partial charge in [0, 0.05) is 19.8 Å². The summed E-state index contributed by atoms with van der Waals surface area (Å²) in [5.41, 5.74) is 0. The fraction of sp³-hybridized carbons (Fsp3) is 0.938. The Bertz CT molecular complexity index is 273. The van der Waals surface area contributed by atoms with E-state index in [1.165, 1.54) is 6.42 Å². The highest BCUT2D eigenvalue weighted by molar-refractivity contribution is 5.72. The molecule has 2 unspecified atom stereocenters. The Kier molecular flexibility index (Phi) is 10.5. The molecule has 1 rings (SSSR count). The second kappa shape index (κ2) is 12.0. The number of hydrogen-bond donors (Lipinski definition) is 1. The molecule has 5 heteroatoms. The molecule has 1 N–H and O–H groups in total. The summed E-state index contributed by atoms with van der Waals surface area (Å²) in [6.07, 6.45) is 6.34. The fourth-order valence-corrected chi connectivity index (χ4v) is 2.73. The topological polar surface area (TPSA) is 56.8 Å². The van der Waals surface area contributed by atoms with Gasteiger partial charge in [-0.05, 0) is 45.6 Å². The van der Waals surface area contributed by atoms with Crippen molar-refractivity contribution in [1.29, 1.82) is 0 Å². The summed E-state index contributed by atoms with van der Waals surface area (Å²) < 4.78 is 15.5. The van der Waals surface area contributed by atoms with Gasteiger partial charge in [-0.3, -0.25) is 4.79 Å². The van der Waals surface area contributed by atoms with Crippen LogP contribution in [0.15, 0.2) is 0 Å². The number of ether oxygens (including phenoxy) is 3. The normalized spacial score (nSPS) is 22.2. The van der Waals surface area contributed by atoms with Gasteiger partial charge in [-0.1, -0.05) is 6.42 Å². The molecule has 1 aliphatic carbocycles. The number of nitrogens with one attached hydrogen (secondary N) is 1. The number of carbonyl (C=O) groups is 1. The van der Waals surface area contributed by atoms with Crippen LogP contribution in [-0.4, -0.2) is 52.1 Å². The molecule has 0 bridgehead atoms. The molecular formula is C16H31NO4. The minimum absolute atomic E-state index is 0.0180. The van der Waals surface area contributed by atoms with E-state index in [0.29, 0.717) is 25.9 Å². The first-order valence-corrected chi connectivity index (χ1v) is 8.24. The lowest BCUT2D eigenvalue weighted by molar-refractivity contribution is -0.149. The zero-order chi connectivity index (χ0) is 15.3. The molecule has 0 aliphatic heterocycles. The molecule has 2 atom stereocenters. The van der Waals surface area contributed by atoms with Crippen molar-refractivity contribution in [2.75, 3.05) is 40.1 Å². The Morgan fingerprint density at radius 1 is 1.19 bits per heavy atom. The van der Waals surface area contributed by atoms with E-state index in [1.54, 1.807) is 7.11 Å². The average molecular weight is 301 g/mol. The summed E-state index contributed by atoms with van der Waals surface area (Å²) in [4.78, 5) is 11.8. The van der Waals surface area contributed by atoms with Gasteiger partial charge in [0.2, 0.25) is 0 Å². The Morgan fingerprint density at radius 2 is 2.05 bits per heavy atom. The first-order chi connectivity index (χ1) is 10.3. The van der Waals surface area contributed by atoms with Gasteiger partial charge in [0.15, 0.2) is 0 Å². The van der Waals surface area contributed by atoms with Crippen molar-refractivity contribution < 1.29 is 19.0 Å². The molecule has 0 amide bonds. The lowest BCUT2D eigenvalue weighted by Crippen LogP contribution is -2.37. The highest BCUT2D eigenvalue weighted by Crippen LogP contribution is 2.25. The molecule has 0 aromatic heterocycles. The Balaban J connectivity index is 2.03. The number of carbonyl (C=O) groups excluding carboxylic acids is 1. The van der Waals surface area contributed by atoms with Gasteiger partial charge in [0.25, 0.3) is 0 Å². The summed E-state index contributed by atoms with van der Waals surface area (Å²) in [5, 5.41) is 3.56. The van der Waals surface area contributed by atoms with Crippen LogP contribution in [-0.2, 0) is 19.0 Å². The van der Waals surface area contributed by atoms with E-state index in [0.717, 1.165) is 45.3 Å². The average Bonchev–Trinajstić information content (AvgIpc) is 2.50. The minimum Gasteiger partial charge on any atom is -0.466 e. The first-order valence-electron chi connectivity index (χ1n) is 8.24. The summed E-state index contributed by atoms with van der Waals surface area (Å²) in [7, 11) is 1.68. The SMILES string of the molecule is CCOC(=O)C1CCCC(NCCCCOCCOC)C1. The Labute approximate surface area is 128 Å². The molecule has 1 fully saturated rings. The molecule has 5 nitrogen and oxygen atoms in total. The lowest BCUT2D eigenvalue weighted by Gasteiger charge is -2.28. The predicted octanol–water partition coefficient (Wildman–Crippen LogP) is 2.14. The van der Waals surface area contributed by atoms with Crippen molar-refractivity contribution in [2.45, 2.75) is 51.5 Å².